The van der Waals surface area contributed by atoms with E-state index in [2.05, 4.69) is 11.0 Å². The lowest BCUT2D eigenvalue weighted by atomic mass is 10.2. The summed E-state index contributed by atoms with van der Waals surface area (Å²) in [6, 6.07) is 11.1. The molecule has 3 rings (SSSR count). The lowest BCUT2D eigenvalue weighted by Gasteiger charge is -2.01. The van der Waals surface area contributed by atoms with Crippen LogP contribution < -0.4 is 15.3 Å². The fourth-order valence-electron chi connectivity index (χ4n) is 2.51. The Morgan fingerprint density at radius 3 is 2.79 bits per heavy atom. The van der Waals surface area contributed by atoms with Crippen molar-refractivity contribution in [1.29, 1.82) is 10.8 Å². The molecule has 0 radical (unpaired) electrons. The molecule has 0 atom stereocenters. The van der Waals surface area contributed by atoms with Crippen LogP contribution in [0.2, 0.25) is 0 Å². The molecule has 2 N–H and O–H groups in total. The second kappa shape index (κ2) is 6.44. The molecule has 0 saturated heterocycles. The number of ether oxygens (including phenoxy) is 1. The molecule has 2 aromatic heterocycles. The Hall–Kier alpha value is -3.31. The summed E-state index contributed by atoms with van der Waals surface area (Å²) in [6.07, 6.45) is 1.48. The minimum atomic E-state index is -0.525. The van der Waals surface area contributed by atoms with Gasteiger partial charge < -0.3 is 4.74 Å². The molecule has 0 amide bonds. The Labute approximate surface area is 137 Å². The second-order valence-electron chi connectivity index (χ2n) is 5.13. The van der Waals surface area contributed by atoms with E-state index in [1.807, 2.05) is 30.3 Å². The third kappa shape index (κ3) is 2.68. The average Bonchev–Trinajstić information content (AvgIpc) is 3.00. The van der Waals surface area contributed by atoms with Gasteiger partial charge in [-0.15, -0.1) is 4.68 Å². The number of benzene rings is 1. The molecule has 7 nitrogen and oxygen atoms in total. The van der Waals surface area contributed by atoms with Crippen LogP contribution in [0, 0.1) is 10.8 Å². The molecule has 2 heterocycles. The summed E-state index contributed by atoms with van der Waals surface area (Å²) in [4.78, 5) is 12.2. The first-order valence-electron chi connectivity index (χ1n) is 7.45. The average molecular weight is 322 g/mol. The highest BCUT2D eigenvalue weighted by molar-refractivity contribution is 5.88. The number of hydrogen-bond acceptors (Lipinski definition) is 5. The lowest BCUT2D eigenvalue weighted by molar-refractivity contribution is -0.720. The standard InChI is InChI=1S/C17H16N5O2/c1-2-24-17(23)14-8-13(9-18)15(19)16-21(14)11-20-22(16)10-12-6-4-3-5-7-12/h3-8,11,18-19H,2,10H2,1H3/q+1. The van der Waals surface area contributed by atoms with Gasteiger partial charge in [-0.2, -0.15) is 4.40 Å². The second-order valence-corrected chi connectivity index (χ2v) is 5.13. The highest BCUT2D eigenvalue weighted by atomic mass is 16.5. The molecule has 0 saturated carbocycles. The number of carbonyl (C=O) groups is 1. The van der Waals surface area contributed by atoms with Gasteiger partial charge >= 0.3 is 11.6 Å². The lowest BCUT2D eigenvalue weighted by Crippen LogP contribution is -2.44. The molecule has 0 aliphatic carbocycles. The van der Waals surface area contributed by atoms with Crippen molar-refractivity contribution in [3.05, 3.63) is 64.6 Å². The van der Waals surface area contributed by atoms with Crippen LogP contribution in [0.3, 0.4) is 0 Å². The Morgan fingerprint density at radius 2 is 2.12 bits per heavy atom. The molecular formula is C17H16N5O2+. The third-order valence-corrected chi connectivity index (χ3v) is 3.61. The van der Waals surface area contributed by atoms with Crippen molar-refractivity contribution in [1.82, 2.24) is 9.50 Å². The van der Waals surface area contributed by atoms with Crippen molar-refractivity contribution in [2.75, 3.05) is 6.61 Å². The SMILES string of the molecule is CCOC(=O)c1cc(=C=N)c(=N)c2n1cn[n+]2Cc1ccccc1. The maximum Gasteiger partial charge on any atom is 0.379 e. The van der Waals surface area contributed by atoms with Crippen LogP contribution in [-0.4, -0.2) is 27.9 Å². The molecular weight excluding hydrogens is 306 g/mol. The van der Waals surface area contributed by atoms with E-state index in [1.54, 1.807) is 11.6 Å². The predicted molar refractivity (Wildman–Crippen MR) is 84.8 cm³/mol. The minimum Gasteiger partial charge on any atom is -0.460 e. The minimum absolute atomic E-state index is 0.0893. The van der Waals surface area contributed by atoms with Crippen molar-refractivity contribution >= 4 is 17.5 Å². The van der Waals surface area contributed by atoms with Crippen LogP contribution in [-0.2, 0) is 11.3 Å². The smallest absolute Gasteiger partial charge is 0.379 e. The van der Waals surface area contributed by atoms with Crippen molar-refractivity contribution in [3.63, 3.8) is 0 Å². The van der Waals surface area contributed by atoms with E-state index in [0.717, 1.165) is 5.56 Å². The number of esters is 1. The van der Waals surface area contributed by atoms with Crippen molar-refractivity contribution in [3.8, 4) is 0 Å². The van der Waals surface area contributed by atoms with E-state index in [1.165, 1.54) is 16.8 Å². The zero-order chi connectivity index (χ0) is 17.1. The largest absolute Gasteiger partial charge is 0.460 e. The van der Waals surface area contributed by atoms with E-state index in [9.17, 15) is 4.79 Å². The molecule has 1 aromatic carbocycles. The topological polar surface area (TPSA) is 95.2 Å². The first-order valence-corrected chi connectivity index (χ1v) is 7.45. The molecule has 0 bridgehead atoms. The van der Waals surface area contributed by atoms with E-state index < -0.39 is 5.97 Å². The number of nitrogens with zero attached hydrogens (tertiary/aromatic N) is 3. The number of carbonyl (C=O) groups excluding carboxylic acids is 1. The fraction of sp³-hybridized carbons (Fsp3) is 0.176. The first kappa shape index (κ1) is 15.6. The number of hydrogen-bond donors (Lipinski definition) is 2. The maximum atomic E-state index is 12.2. The fourth-order valence-corrected chi connectivity index (χ4v) is 2.51. The zero-order valence-corrected chi connectivity index (χ0v) is 13.1. The molecule has 0 unspecified atom stereocenters. The molecule has 0 aliphatic heterocycles. The van der Waals surface area contributed by atoms with Gasteiger partial charge in [0.05, 0.1) is 11.8 Å². The van der Waals surface area contributed by atoms with E-state index in [-0.39, 0.29) is 22.9 Å². The number of aromatic nitrogens is 3. The van der Waals surface area contributed by atoms with Gasteiger partial charge in [-0.05, 0) is 23.5 Å². The summed E-state index contributed by atoms with van der Waals surface area (Å²) in [5.41, 5.74) is 1.65. The number of pyridine rings is 1. The molecule has 7 heteroatoms. The van der Waals surface area contributed by atoms with Gasteiger partial charge in [-0.25, -0.2) is 4.79 Å². The van der Waals surface area contributed by atoms with E-state index in [4.69, 9.17) is 15.6 Å². The summed E-state index contributed by atoms with van der Waals surface area (Å²) < 4.78 is 8.20. The zero-order valence-electron chi connectivity index (χ0n) is 13.1. The first-order chi connectivity index (χ1) is 11.7. The van der Waals surface area contributed by atoms with Gasteiger partial charge in [0, 0.05) is 6.07 Å². The van der Waals surface area contributed by atoms with Crippen LogP contribution in [0.1, 0.15) is 23.0 Å². The van der Waals surface area contributed by atoms with Crippen LogP contribution in [0.5, 0.6) is 0 Å². The van der Waals surface area contributed by atoms with Crippen LogP contribution in [0.4, 0.5) is 0 Å². The Morgan fingerprint density at radius 1 is 1.38 bits per heavy atom. The molecule has 120 valence electrons. The molecule has 0 spiro atoms. The normalized spacial score (nSPS) is 10.5. The highest BCUT2D eigenvalue weighted by Crippen LogP contribution is 2.02. The van der Waals surface area contributed by atoms with Gasteiger partial charge in [-0.3, -0.25) is 10.8 Å². The summed E-state index contributed by atoms with van der Waals surface area (Å²) in [5, 5.41) is 20.3. The summed E-state index contributed by atoms with van der Waals surface area (Å²) >= 11 is 0. The highest BCUT2D eigenvalue weighted by Gasteiger charge is 2.23. The van der Waals surface area contributed by atoms with Crippen molar-refractivity contribution < 1.29 is 14.2 Å². The monoisotopic (exact) mass is 322 g/mol. The molecule has 0 fully saturated rings. The Kier molecular flexibility index (Phi) is 4.18. The van der Waals surface area contributed by atoms with Gasteiger partial charge in [0.2, 0.25) is 12.0 Å². The number of nitrogens with one attached hydrogen (secondary N) is 2. The van der Waals surface area contributed by atoms with Crippen molar-refractivity contribution in [2.24, 2.45) is 0 Å². The number of rotatable bonds is 4. The van der Waals surface area contributed by atoms with Gasteiger partial charge in [0.1, 0.15) is 6.54 Å². The quantitative estimate of drug-likeness (QED) is 0.401. The molecule has 3 aromatic rings. The third-order valence-electron chi connectivity index (χ3n) is 3.61. The molecule has 0 aliphatic rings. The Balaban J connectivity index is 2.24. The predicted octanol–water partition coefficient (Wildman–Crippen LogP) is -0.0348. The number of fused-ring (bicyclic) bond motifs is 1. The van der Waals surface area contributed by atoms with Crippen LogP contribution in [0.15, 0.2) is 42.7 Å². The van der Waals surface area contributed by atoms with E-state index in [0.29, 0.717) is 12.2 Å². The summed E-state index contributed by atoms with van der Waals surface area (Å²) in [5.74, 6) is 1.68. The maximum absolute atomic E-state index is 12.2. The van der Waals surface area contributed by atoms with Crippen molar-refractivity contribution in [2.45, 2.75) is 13.5 Å². The van der Waals surface area contributed by atoms with Crippen LogP contribution in [0.25, 0.3) is 5.65 Å². The van der Waals surface area contributed by atoms with Gasteiger partial charge in [0.25, 0.3) is 0 Å². The van der Waals surface area contributed by atoms with Gasteiger partial charge in [0.15, 0.2) is 5.36 Å². The van der Waals surface area contributed by atoms with E-state index >= 15 is 0 Å². The Bertz CT molecular complexity index is 1040. The van der Waals surface area contributed by atoms with Crippen LogP contribution >= 0.6 is 0 Å². The summed E-state index contributed by atoms with van der Waals surface area (Å²) in [7, 11) is 0. The van der Waals surface area contributed by atoms with Gasteiger partial charge in [-0.1, -0.05) is 30.3 Å². The summed E-state index contributed by atoms with van der Waals surface area (Å²) in [6.45, 7) is 2.42. The molecule has 24 heavy (non-hydrogen) atoms.